The van der Waals surface area contributed by atoms with Gasteiger partial charge >= 0.3 is 5.97 Å². The first-order valence-corrected chi connectivity index (χ1v) is 7.67. The molecule has 0 aliphatic carbocycles. The van der Waals surface area contributed by atoms with Crippen LogP contribution >= 0.6 is 11.8 Å². The van der Waals surface area contributed by atoms with E-state index in [-0.39, 0.29) is 5.69 Å². The van der Waals surface area contributed by atoms with Gasteiger partial charge in [0.1, 0.15) is 11.5 Å². The number of benzene rings is 1. The number of anilines is 1. The fourth-order valence-electron chi connectivity index (χ4n) is 2.22. The van der Waals surface area contributed by atoms with Gasteiger partial charge in [0.15, 0.2) is 0 Å². The van der Waals surface area contributed by atoms with Crippen LogP contribution < -0.4 is 5.32 Å². The van der Waals surface area contributed by atoms with E-state index in [1.165, 1.54) is 0 Å². The van der Waals surface area contributed by atoms with Gasteiger partial charge in [0.25, 0.3) is 5.69 Å². The number of nitro groups is 1. The van der Waals surface area contributed by atoms with Crippen molar-refractivity contribution in [3.8, 4) is 0 Å². The van der Waals surface area contributed by atoms with Crippen LogP contribution in [0.25, 0.3) is 0 Å². The molecule has 1 aliphatic rings. The largest absolute Gasteiger partial charge is 0.478 e. The Bertz CT molecular complexity index is 561. The number of carboxylic acid groups (broad SMARTS) is 1. The summed E-state index contributed by atoms with van der Waals surface area (Å²) in [7, 11) is 0. The Morgan fingerprint density at radius 3 is 2.71 bits per heavy atom. The van der Waals surface area contributed by atoms with Crippen LogP contribution in [0.15, 0.2) is 12.1 Å². The lowest BCUT2D eigenvalue weighted by Gasteiger charge is -2.22. The number of carboxylic acids is 1. The Morgan fingerprint density at radius 1 is 1.48 bits per heavy atom. The van der Waals surface area contributed by atoms with Crippen molar-refractivity contribution in [2.24, 2.45) is 5.92 Å². The number of nitrogens with zero attached hydrogens (tertiary/aromatic N) is 1. The molecule has 114 valence electrons. The molecule has 1 fully saturated rings. The highest BCUT2D eigenvalue weighted by molar-refractivity contribution is 7.99. The van der Waals surface area contributed by atoms with Crippen molar-refractivity contribution in [3.05, 3.63) is 33.6 Å². The van der Waals surface area contributed by atoms with Gasteiger partial charge in [0.05, 0.1) is 16.6 Å². The van der Waals surface area contributed by atoms with Crippen molar-refractivity contribution < 1.29 is 19.2 Å². The molecular weight excluding hydrogens is 299 g/mol. The first-order valence-electron chi connectivity index (χ1n) is 6.52. The highest BCUT2D eigenvalue weighted by atomic mass is 32.2. The van der Waals surface area contributed by atoms with E-state index in [9.17, 15) is 19.3 Å². The maximum absolute atomic E-state index is 13.5. The molecule has 0 saturated carbocycles. The van der Waals surface area contributed by atoms with E-state index >= 15 is 0 Å². The normalized spacial score (nSPS) is 15.7. The molecule has 6 nitrogen and oxygen atoms in total. The Hall–Kier alpha value is -1.83. The van der Waals surface area contributed by atoms with Crippen molar-refractivity contribution in [1.82, 2.24) is 0 Å². The molecule has 1 aromatic carbocycles. The number of nitrogens with one attached hydrogen (secondary N) is 1. The summed E-state index contributed by atoms with van der Waals surface area (Å²) in [6, 6.07) is 1.65. The van der Waals surface area contributed by atoms with Crippen LogP contribution in [0.2, 0.25) is 0 Å². The van der Waals surface area contributed by atoms with Crippen molar-refractivity contribution >= 4 is 29.1 Å². The first-order chi connectivity index (χ1) is 9.99. The van der Waals surface area contributed by atoms with Crippen molar-refractivity contribution in [1.29, 1.82) is 0 Å². The van der Waals surface area contributed by atoms with Crippen LogP contribution in [-0.4, -0.2) is 34.0 Å². The fourth-order valence-corrected chi connectivity index (χ4v) is 3.43. The van der Waals surface area contributed by atoms with Gasteiger partial charge in [-0.05, 0) is 36.3 Å². The smallest absolute Gasteiger partial charge is 0.338 e. The second kappa shape index (κ2) is 6.75. The lowest BCUT2D eigenvalue weighted by atomic mass is 10.0. The van der Waals surface area contributed by atoms with E-state index in [1.807, 2.05) is 11.8 Å². The zero-order valence-corrected chi connectivity index (χ0v) is 12.0. The second-order valence-corrected chi connectivity index (χ2v) is 6.07. The van der Waals surface area contributed by atoms with Crippen molar-refractivity contribution in [2.45, 2.75) is 12.8 Å². The van der Waals surface area contributed by atoms with Gasteiger partial charge in [-0.25, -0.2) is 9.18 Å². The summed E-state index contributed by atoms with van der Waals surface area (Å²) in [4.78, 5) is 21.2. The molecule has 1 aliphatic heterocycles. The van der Waals surface area contributed by atoms with Gasteiger partial charge < -0.3 is 10.4 Å². The van der Waals surface area contributed by atoms with E-state index < -0.39 is 28.0 Å². The van der Waals surface area contributed by atoms with E-state index in [1.54, 1.807) is 0 Å². The summed E-state index contributed by atoms with van der Waals surface area (Å²) in [6.45, 7) is 0.520. The second-order valence-electron chi connectivity index (χ2n) is 4.85. The van der Waals surface area contributed by atoms with E-state index in [0.717, 1.165) is 30.4 Å². The molecule has 1 aromatic rings. The number of aromatic carboxylic acids is 1. The number of rotatable bonds is 5. The molecule has 0 unspecified atom stereocenters. The highest BCUT2D eigenvalue weighted by Crippen LogP contribution is 2.29. The minimum atomic E-state index is -1.44. The third-order valence-corrected chi connectivity index (χ3v) is 4.48. The Labute approximate surface area is 124 Å². The number of thioether (sulfide) groups is 1. The molecular formula is C13H15FN2O4S. The van der Waals surface area contributed by atoms with Crippen molar-refractivity contribution in [2.75, 3.05) is 23.4 Å². The quantitative estimate of drug-likeness (QED) is 0.641. The van der Waals surface area contributed by atoms with Crippen LogP contribution in [0.1, 0.15) is 23.2 Å². The Balaban J connectivity index is 2.20. The van der Waals surface area contributed by atoms with Gasteiger partial charge in [-0.2, -0.15) is 11.8 Å². The first kappa shape index (κ1) is 15.6. The van der Waals surface area contributed by atoms with Crippen LogP contribution in [-0.2, 0) is 0 Å². The lowest BCUT2D eigenvalue weighted by molar-refractivity contribution is -0.384. The molecule has 2 N–H and O–H groups in total. The summed E-state index contributed by atoms with van der Waals surface area (Å²) in [5.41, 5.74) is -0.956. The van der Waals surface area contributed by atoms with Crippen LogP contribution in [0.4, 0.5) is 15.8 Å². The lowest BCUT2D eigenvalue weighted by Crippen LogP contribution is -2.20. The van der Waals surface area contributed by atoms with Gasteiger partial charge in [-0.3, -0.25) is 10.1 Å². The van der Waals surface area contributed by atoms with Crippen LogP contribution in [0.3, 0.4) is 0 Å². The van der Waals surface area contributed by atoms with Crippen LogP contribution in [0.5, 0.6) is 0 Å². The Kier molecular flexibility index (Phi) is 5.00. The van der Waals surface area contributed by atoms with E-state index in [0.29, 0.717) is 18.5 Å². The molecule has 1 heterocycles. The summed E-state index contributed by atoms with van der Waals surface area (Å²) in [5, 5.41) is 22.8. The molecule has 0 aromatic heterocycles. The van der Waals surface area contributed by atoms with Gasteiger partial charge in [-0.1, -0.05) is 0 Å². The molecule has 0 spiro atoms. The number of nitro benzene ring substituents is 1. The predicted molar refractivity (Wildman–Crippen MR) is 78.6 cm³/mol. The maximum Gasteiger partial charge on any atom is 0.338 e. The van der Waals surface area contributed by atoms with Gasteiger partial charge in [0, 0.05) is 6.54 Å². The summed E-state index contributed by atoms with van der Waals surface area (Å²) < 4.78 is 13.5. The van der Waals surface area contributed by atoms with Gasteiger partial charge in [0.2, 0.25) is 0 Å². The van der Waals surface area contributed by atoms with E-state index in [4.69, 9.17) is 5.11 Å². The summed E-state index contributed by atoms with van der Waals surface area (Å²) in [5.74, 6) is -0.0475. The number of carbonyl (C=O) groups is 1. The zero-order valence-electron chi connectivity index (χ0n) is 11.2. The van der Waals surface area contributed by atoms with Crippen molar-refractivity contribution in [3.63, 3.8) is 0 Å². The molecule has 8 heteroatoms. The molecule has 0 radical (unpaired) electrons. The highest BCUT2D eigenvalue weighted by Gasteiger charge is 2.22. The maximum atomic E-state index is 13.5. The number of halogens is 1. The summed E-state index contributed by atoms with van der Waals surface area (Å²) in [6.07, 6.45) is 2.02. The molecule has 1 saturated heterocycles. The number of hydrogen-bond donors (Lipinski definition) is 2. The number of hydrogen-bond acceptors (Lipinski definition) is 5. The topological polar surface area (TPSA) is 92.5 Å². The SMILES string of the molecule is O=C(O)c1cc(NCC2CCSCC2)c([N+](=O)[O-])cc1F. The monoisotopic (exact) mass is 314 g/mol. The standard InChI is InChI=1S/C13H15FN2O4S/c14-10-6-12(16(19)20)11(5-9(10)13(17)18)15-7-8-1-3-21-4-2-8/h5-6,8,15H,1-4,7H2,(H,17,18). The van der Waals surface area contributed by atoms with Gasteiger partial charge in [-0.15, -0.1) is 0 Å². The van der Waals surface area contributed by atoms with E-state index in [2.05, 4.69) is 5.32 Å². The molecule has 0 bridgehead atoms. The summed E-state index contributed by atoms with van der Waals surface area (Å²) >= 11 is 1.87. The third-order valence-electron chi connectivity index (χ3n) is 3.43. The molecule has 0 atom stereocenters. The van der Waals surface area contributed by atoms with Crippen LogP contribution in [0, 0.1) is 21.8 Å². The minimum absolute atomic E-state index is 0.0528. The zero-order chi connectivity index (χ0) is 15.4. The Morgan fingerprint density at radius 2 is 2.14 bits per heavy atom. The molecule has 21 heavy (non-hydrogen) atoms. The molecule has 0 amide bonds. The predicted octanol–water partition coefficient (Wildman–Crippen LogP) is 2.99. The molecule has 2 rings (SSSR count). The third kappa shape index (κ3) is 3.84. The fraction of sp³-hybridized carbons (Fsp3) is 0.462. The minimum Gasteiger partial charge on any atom is -0.478 e. The average Bonchev–Trinajstić information content (AvgIpc) is 2.46. The average molecular weight is 314 g/mol.